The van der Waals surface area contributed by atoms with E-state index < -0.39 is 23.3 Å². The van der Waals surface area contributed by atoms with E-state index in [0.29, 0.717) is 12.1 Å². The molecule has 0 aliphatic rings. The maximum absolute atomic E-state index is 13.4. The molecular formula is C18H19F3N2O2. The molecule has 0 fully saturated rings. The lowest BCUT2D eigenvalue weighted by Crippen LogP contribution is -2.19. The zero-order valence-corrected chi connectivity index (χ0v) is 14.1. The maximum atomic E-state index is 13.4. The highest BCUT2D eigenvalue weighted by Crippen LogP contribution is 2.37. The molecule has 0 radical (unpaired) electrons. The van der Waals surface area contributed by atoms with Gasteiger partial charge in [-0.1, -0.05) is 43.7 Å². The highest BCUT2D eigenvalue weighted by Gasteiger charge is 2.38. The fourth-order valence-electron chi connectivity index (χ4n) is 2.29. The molecule has 2 aromatic rings. The Kier molecular flexibility index (Phi) is 5.35. The number of nitrogens with zero attached hydrogens (tertiary/aromatic N) is 1. The minimum absolute atomic E-state index is 0.0728. The molecule has 0 aliphatic carbocycles. The van der Waals surface area contributed by atoms with Crippen molar-refractivity contribution in [2.24, 2.45) is 5.92 Å². The minimum atomic E-state index is -4.80. The first-order valence-corrected chi connectivity index (χ1v) is 7.76. The molecule has 0 saturated carbocycles. The first kappa shape index (κ1) is 18.8. The molecule has 0 spiro atoms. The van der Waals surface area contributed by atoms with Gasteiger partial charge in [0.05, 0.1) is 11.3 Å². The number of carboxylic acid groups (broad SMARTS) is 1. The lowest BCUT2D eigenvalue weighted by atomic mass is 10.0. The zero-order chi connectivity index (χ0) is 18.8. The summed E-state index contributed by atoms with van der Waals surface area (Å²) in [6.45, 7) is 5.90. The molecule has 7 heteroatoms. The van der Waals surface area contributed by atoms with Crippen LogP contribution in [-0.4, -0.2) is 22.6 Å². The normalized spacial score (nSPS) is 11.6. The zero-order valence-electron chi connectivity index (χ0n) is 14.1. The predicted octanol–water partition coefficient (Wildman–Crippen LogP) is 4.84. The average molecular weight is 352 g/mol. The highest BCUT2D eigenvalue weighted by molar-refractivity contribution is 5.96. The van der Waals surface area contributed by atoms with Gasteiger partial charge < -0.3 is 10.4 Å². The number of nitrogens with one attached hydrogen (secondary N) is 1. The molecule has 2 rings (SSSR count). The van der Waals surface area contributed by atoms with Gasteiger partial charge >= 0.3 is 12.1 Å². The molecule has 0 amide bonds. The van der Waals surface area contributed by atoms with E-state index in [0.717, 1.165) is 11.6 Å². The number of hydrogen-bond acceptors (Lipinski definition) is 3. The summed E-state index contributed by atoms with van der Waals surface area (Å²) in [4.78, 5) is 15.6. The molecular weight excluding hydrogens is 333 g/mol. The monoisotopic (exact) mass is 352 g/mol. The third-order valence-electron chi connectivity index (χ3n) is 3.56. The van der Waals surface area contributed by atoms with Crippen molar-refractivity contribution in [2.75, 3.05) is 11.9 Å². The van der Waals surface area contributed by atoms with Crippen LogP contribution >= 0.6 is 0 Å². The number of carboxylic acids is 1. The number of aromatic nitrogens is 1. The van der Waals surface area contributed by atoms with Crippen LogP contribution in [0, 0.1) is 12.8 Å². The molecule has 4 nitrogen and oxygen atoms in total. The standard InChI is InChI=1S/C18H19F3N2O2/c1-10(2)9-22-16-15(17(24)25)13(18(19,20)21)8-14(23-16)12-6-4-11(3)5-7-12/h4-8,10H,9H2,1-3H3,(H,22,23)(H,24,25). The van der Waals surface area contributed by atoms with E-state index in [9.17, 15) is 23.1 Å². The van der Waals surface area contributed by atoms with Gasteiger partial charge in [-0.15, -0.1) is 0 Å². The van der Waals surface area contributed by atoms with E-state index in [4.69, 9.17) is 0 Å². The molecule has 1 heterocycles. The van der Waals surface area contributed by atoms with Crippen molar-refractivity contribution in [1.82, 2.24) is 4.98 Å². The Morgan fingerprint density at radius 3 is 2.32 bits per heavy atom. The molecule has 0 saturated heterocycles. The number of aryl methyl sites for hydroxylation is 1. The van der Waals surface area contributed by atoms with Crippen LogP contribution in [0.2, 0.25) is 0 Å². The van der Waals surface area contributed by atoms with E-state index in [1.807, 2.05) is 20.8 Å². The number of anilines is 1. The van der Waals surface area contributed by atoms with E-state index in [2.05, 4.69) is 10.3 Å². The average Bonchev–Trinajstić information content (AvgIpc) is 2.51. The van der Waals surface area contributed by atoms with Gasteiger partial charge in [0, 0.05) is 12.1 Å². The molecule has 134 valence electrons. The summed E-state index contributed by atoms with van der Waals surface area (Å²) in [6.07, 6.45) is -4.80. The third kappa shape index (κ3) is 4.49. The number of alkyl halides is 3. The first-order valence-electron chi connectivity index (χ1n) is 7.76. The number of pyridine rings is 1. The van der Waals surface area contributed by atoms with Crippen LogP contribution in [0.15, 0.2) is 30.3 Å². The van der Waals surface area contributed by atoms with Crippen LogP contribution in [-0.2, 0) is 6.18 Å². The summed E-state index contributed by atoms with van der Waals surface area (Å²) in [5, 5.41) is 12.0. The molecule has 2 N–H and O–H groups in total. The van der Waals surface area contributed by atoms with Crippen molar-refractivity contribution in [1.29, 1.82) is 0 Å². The molecule has 0 unspecified atom stereocenters. The number of carbonyl (C=O) groups is 1. The van der Waals surface area contributed by atoms with Crippen LogP contribution in [0.1, 0.15) is 35.3 Å². The summed E-state index contributed by atoms with van der Waals surface area (Å²) in [5.74, 6) is -1.83. The third-order valence-corrected chi connectivity index (χ3v) is 3.56. The van der Waals surface area contributed by atoms with Gasteiger partial charge in [0.2, 0.25) is 0 Å². The van der Waals surface area contributed by atoms with Gasteiger partial charge in [0.1, 0.15) is 11.4 Å². The Labute approximate surface area is 143 Å². The Morgan fingerprint density at radius 2 is 1.84 bits per heavy atom. The summed E-state index contributed by atoms with van der Waals surface area (Å²) >= 11 is 0. The predicted molar refractivity (Wildman–Crippen MR) is 89.7 cm³/mol. The smallest absolute Gasteiger partial charge is 0.417 e. The largest absolute Gasteiger partial charge is 0.478 e. The summed E-state index contributed by atoms with van der Waals surface area (Å²) in [5.41, 5.74) is -0.551. The van der Waals surface area contributed by atoms with Crippen LogP contribution in [0.25, 0.3) is 11.3 Å². The fourth-order valence-corrected chi connectivity index (χ4v) is 2.29. The van der Waals surface area contributed by atoms with Gasteiger partial charge in [0.25, 0.3) is 0 Å². The molecule has 1 aromatic carbocycles. The lowest BCUT2D eigenvalue weighted by molar-refractivity contribution is -0.138. The highest BCUT2D eigenvalue weighted by atomic mass is 19.4. The van der Waals surface area contributed by atoms with Gasteiger partial charge in [-0.2, -0.15) is 13.2 Å². The van der Waals surface area contributed by atoms with E-state index in [-0.39, 0.29) is 17.4 Å². The Morgan fingerprint density at radius 1 is 1.24 bits per heavy atom. The van der Waals surface area contributed by atoms with E-state index in [1.165, 1.54) is 0 Å². The Hall–Kier alpha value is -2.57. The van der Waals surface area contributed by atoms with Crippen LogP contribution < -0.4 is 5.32 Å². The Balaban J connectivity index is 2.67. The van der Waals surface area contributed by atoms with Crippen LogP contribution in [0.3, 0.4) is 0 Å². The molecule has 0 atom stereocenters. The van der Waals surface area contributed by atoms with Crippen molar-refractivity contribution < 1.29 is 23.1 Å². The van der Waals surface area contributed by atoms with E-state index >= 15 is 0 Å². The Bertz CT molecular complexity index is 769. The summed E-state index contributed by atoms with van der Waals surface area (Å²) in [7, 11) is 0. The number of benzene rings is 1. The number of rotatable bonds is 5. The number of hydrogen-bond donors (Lipinski definition) is 2. The van der Waals surface area contributed by atoms with Crippen molar-refractivity contribution >= 4 is 11.8 Å². The number of aromatic carboxylic acids is 1. The van der Waals surface area contributed by atoms with E-state index in [1.54, 1.807) is 24.3 Å². The second-order valence-electron chi connectivity index (χ2n) is 6.22. The first-order chi connectivity index (χ1) is 11.6. The van der Waals surface area contributed by atoms with Crippen molar-refractivity contribution in [3.8, 4) is 11.3 Å². The number of halogens is 3. The SMILES string of the molecule is Cc1ccc(-c2cc(C(F)(F)F)c(C(=O)O)c(NCC(C)C)n2)cc1. The molecule has 0 aliphatic heterocycles. The van der Waals surface area contributed by atoms with Gasteiger partial charge in [0.15, 0.2) is 0 Å². The van der Waals surface area contributed by atoms with Gasteiger partial charge in [-0.05, 0) is 18.9 Å². The van der Waals surface area contributed by atoms with Crippen LogP contribution in [0.4, 0.5) is 19.0 Å². The maximum Gasteiger partial charge on any atom is 0.417 e. The molecule has 1 aromatic heterocycles. The fraction of sp³-hybridized carbons (Fsp3) is 0.333. The van der Waals surface area contributed by atoms with Crippen LogP contribution in [0.5, 0.6) is 0 Å². The van der Waals surface area contributed by atoms with Crippen molar-refractivity contribution in [3.63, 3.8) is 0 Å². The van der Waals surface area contributed by atoms with Crippen molar-refractivity contribution in [3.05, 3.63) is 47.0 Å². The van der Waals surface area contributed by atoms with Crippen molar-refractivity contribution in [2.45, 2.75) is 26.9 Å². The second-order valence-corrected chi connectivity index (χ2v) is 6.22. The molecule has 25 heavy (non-hydrogen) atoms. The molecule has 0 bridgehead atoms. The second kappa shape index (κ2) is 7.13. The summed E-state index contributed by atoms with van der Waals surface area (Å²) < 4.78 is 40.3. The lowest BCUT2D eigenvalue weighted by Gasteiger charge is -2.17. The van der Waals surface area contributed by atoms with Gasteiger partial charge in [-0.25, -0.2) is 9.78 Å². The quantitative estimate of drug-likeness (QED) is 0.808. The topological polar surface area (TPSA) is 62.2 Å². The summed E-state index contributed by atoms with van der Waals surface area (Å²) in [6, 6.07) is 7.62. The minimum Gasteiger partial charge on any atom is -0.478 e. The van der Waals surface area contributed by atoms with Gasteiger partial charge in [-0.3, -0.25) is 0 Å².